The van der Waals surface area contributed by atoms with Gasteiger partial charge in [0.15, 0.2) is 23.1 Å². The molecule has 18 nitrogen and oxygen atoms in total. The van der Waals surface area contributed by atoms with Crippen molar-refractivity contribution in [1.29, 1.82) is 0 Å². The van der Waals surface area contributed by atoms with Crippen LogP contribution in [-0.2, 0) is 77.9 Å². The van der Waals surface area contributed by atoms with Crippen LogP contribution in [0.3, 0.4) is 0 Å². The van der Waals surface area contributed by atoms with Gasteiger partial charge in [-0.1, -0.05) is 97.9 Å². The van der Waals surface area contributed by atoms with Crippen molar-refractivity contribution in [3.63, 3.8) is 0 Å². The number of esters is 2. The van der Waals surface area contributed by atoms with E-state index in [-0.39, 0.29) is 78.2 Å². The summed E-state index contributed by atoms with van der Waals surface area (Å²) in [5.74, 6) is -2.14. The molecule has 2 spiro atoms. The smallest absolute Gasteiger partial charge is 0.303 e. The first-order valence-electron chi connectivity index (χ1n) is 30.6. The van der Waals surface area contributed by atoms with Crippen LogP contribution in [0.15, 0.2) is 115 Å². The van der Waals surface area contributed by atoms with Crippen LogP contribution in [0.4, 0.5) is 0 Å². The monoisotopic (exact) mass is 1200 g/mol. The fourth-order valence-corrected chi connectivity index (χ4v) is 11.9. The maximum absolute atomic E-state index is 12.5. The number of ether oxygens (including phenoxy) is 10. The highest BCUT2D eigenvalue weighted by Gasteiger charge is 2.63. The van der Waals surface area contributed by atoms with Gasteiger partial charge in [-0.2, -0.15) is 0 Å². The molecule has 1 aromatic carbocycles. The summed E-state index contributed by atoms with van der Waals surface area (Å²) in [6.07, 6.45) is 20.8. The van der Waals surface area contributed by atoms with Crippen LogP contribution in [0.5, 0.6) is 0 Å². The molecule has 0 unspecified atom stereocenters. The van der Waals surface area contributed by atoms with E-state index in [1.165, 1.54) is 26.0 Å². The van der Waals surface area contributed by atoms with Crippen molar-refractivity contribution in [2.75, 3.05) is 26.4 Å². The van der Waals surface area contributed by atoms with Crippen molar-refractivity contribution in [3.8, 4) is 0 Å². The van der Waals surface area contributed by atoms with Gasteiger partial charge in [-0.3, -0.25) is 24.0 Å². The van der Waals surface area contributed by atoms with E-state index in [1.807, 2.05) is 89.3 Å². The van der Waals surface area contributed by atoms with Gasteiger partial charge in [0.25, 0.3) is 0 Å². The Morgan fingerprint density at radius 3 is 1.51 bits per heavy atom. The predicted octanol–water partition coefficient (Wildman–Crippen LogP) is 9.36. The minimum atomic E-state index is -1.11. The first-order chi connectivity index (χ1) is 40.6. The highest BCUT2D eigenvalue weighted by molar-refractivity contribution is 5.90. The minimum absolute atomic E-state index is 0.00528. The third-order valence-electron chi connectivity index (χ3n) is 17.0. The molecule has 0 aliphatic carbocycles. The molecule has 1 aromatic rings. The van der Waals surface area contributed by atoms with Gasteiger partial charge in [0.2, 0.25) is 5.91 Å². The van der Waals surface area contributed by atoms with Gasteiger partial charge < -0.3 is 62.9 Å². The molecule has 6 aliphatic heterocycles. The number of nitrogens with one attached hydrogen (secondary N) is 1. The lowest BCUT2D eigenvalue weighted by Gasteiger charge is -2.43. The van der Waals surface area contributed by atoms with E-state index in [0.29, 0.717) is 64.4 Å². The Kier molecular flexibility index (Phi) is 25.8. The molecule has 0 bridgehead atoms. The first-order valence-corrected chi connectivity index (χ1v) is 30.6. The SMILES string of the molecule is C=CCO[C@]1(C)C[C@@]2(CO2)[C@H](O)[C@@H](/C=C/C(C)=C/C[C@@H]2O[C@H](C)[C@H](CC(=O)/C=C\[C@H](C)OC(C)=O)C[C@@H]2C)O1.CC(=O)O[C@@H](C)/C=C\C(=O)C[C@@H]1C[C@H](C)[C@H](C/C=C(C)/C=C/[C@H]2O[C@](C)(OCC(=O)NCc3ccccc3)C[C@@]3(CO3)[C@@H]2O)O[C@@H]1C. The second-order valence-electron chi connectivity index (χ2n) is 25.0. The molecule has 1 amide bonds. The number of hydrogen-bond acceptors (Lipinski definition) is 17. The molecule has 3 N–H and O–H groups in total. The molecule has 18 heteroatoms. The molecule has 476 valence electrons. The molecular weight excluding hydrogens is 1100 g/mol. The zero-order chi connectivity index (χ0) is 63.0. The predicted molar refractivity (Wildman–Crippen MR) is 324 cm³/mol. The third-order valence-corrected chi connectivity index (χ3v) is 17.0. The zero-order valence-electron chi connectivity index (χ0n) is 52.7. The van der Waals surface area contributed by atoms with Crippen LogP contribution in [-0.4, -0.2) is 150 Å². The van der Waals surface area contributed by atoms with E-state index >= 15 is 0 Å². The number of benzene rings is 1. The quantitative estimate of drug-likeness (QED) is 0.0257. The van der Waals surface area contributed by atoms with Gasteiger partial charge in [-0.05, 0) is 135 Å². The van der Waals surface area contributed by atoms with Crippen LogP contribution in [0.2, 0.25) is 0 Å². The van der Waals surface area contributed by atoms with Crippen molar-refractivity contribution in [3.05, 3.63) is 120 Å². The number of aliphatic hydroxyl groups is 2. The van der Waals surface area contributed by atoms with Crippen molar-refractivity contribution < 1.29 is 81.6 Å². The lowest BCUT2D eigenvalue weighted by molar-refractivity contribution is -0.292. The Morgan fingerprint density at radius 1 is 0.674 bits per heavy atom. The standard InChI is InChI=1S/C37H51NO9.C31H46O8/c1-24(12-16-32-25(2)18-30(27(4)46-32)19-31(40)15-14-26(3)45-28(5)39)13-17-33-35(42)37(23-44-37)22-36(6,47-33)43-21-34(41)38-20-29-10-8-7-9-11-29;1-8-15-35-30(7)18-31(19-36-31)29(34)28(39-30)14-10-20(2)9-13-27-21(3)16-25(23(5)38-27)17-26(33)12-11-22(4)37-24(6)32/h7-15,17,25-27,30,32-33,35,42H,16,18-23H2,1-6H3,(H,38,41);8-12,14,21-23,25,27-29,34H,1,13,15-19H2,2-7H3/b15-14-,17-13+,24-12+;12-11-,14-10+,20-9+/t25-,26-,27+,30-,32-,33+,35+,36-,37+;21-,22-,23+,25-,27-,28+,29+,30-,31+/m00/s1. The van der Waals surface area contributed by atoms with E-state index in [2.05, 4.69) is 37.9 Å². The van der Waals surface area contributed by atoms with Gasteiger partial charge in [-0.25, -0.2) is 0 Å². The molecule has 6 aliphatic rings. The third kappa shape index (κ3) is 21.5. The van der Waals surface area contributed by atoms with E-state index in [1.54, 1.807) is 39.0 Å². The lowest BCUT2D eigenvalue weighted by Crippen LogP contribution is -2.56. The van der Waals surface area contributed by atoms with E-state index in [9.17, 15) is 34.2 Å². The van der Waals surface area contributed by atoms with Gasteiger partial charge in [0.05, 0.1) is 44.2 Å². The van der Waals surface area contributed by atoms with Gasteiger partial charge in [0.1, 0.15) is 54.4 Å². The van der Waals surface area contributed by atoms with Gasteiger partial charge >= 0.3 is 11.9 Å². The summed E-state index contributed by atoms with van der Waals surface area (Å²) in [5, 5.41) is 24.8. The fourth-order valence-electron chi connectivity index (χ4n) is 11.9. The molecule has 6 saturated heterocycles. The van der Waals surface area contributed by atoms with Crippen LogP contribution in [0, 0.1) is 23.7 Å². The molecule has 86 heavy (non-hydrogen) atoms. The summed E-state index contributed by atoms with van der Waals surface area (Å²) in [7, 11) is 0. The lowest BCUT2D eigenvalue weighted by atomic mass is 9.81. The number of rotatable bonds is 26. The Hall–Kier alpha value is -5.25. The van der Waals surface area contributed by atoms with Crippen LogP contribution < -0.4 is 5.32 Å². The molecular formula is C68H97NO17. The molecule has 7 rings (SSSR count). The molecule has 6 heterocycles. The summed E-state index contributed by atoms with van der Waals surface area (Å²) in [4.78, 5) is 59.6. The second kappa shape index (κ2) is 31.8. The van der Waals surface area contributed by atoms with E-state index in [4.69, 9.17) is 47.4 Å². The highest BCUT2D eigenvalue weighted by Crippen LogP contribution is 2.48. The Labute approximate surface area is 509 Å². The average Bonchev–Trinajstić information content (AvgIpc) is 1.62. The number of carbonyl (C=O) groups excluding carboxylic acids is 5. The van der Waals surface area contributed by atoms with Gasteiger partial charge in [-0.15, -0.1) is 6.58 Å². The topological polar surface area (TPSA) is 237 Å². The molecule has 6 fully saturated rings. The Morgan fingerprint density at radius 2 is 1.10 bits per heavy atom. The van der Waals surface area contributed by atoms with Crippen LogP contribution >= 0.6 is 0 Å². The summed E-state index contributed by atoms with van der Waals surface area (Å²) in [5.41, 5.74) is 1.67. The minimum Gasteiger partial charge on any atom is -0.459 e. The second-order valence-corrected chi connectivity index (χ2v) is 25.0. The van der Waals surface area contributed by atoms with E-state index < -0.39 is 59.4 Å². The maximum Gasteiger partial charge on any atom is 0.303 e. The summed E-state index contributed by atoms with van der Waals surface area (Å²) in [6, 6.07) is 9.65. The summed E-state index contributed by atoms with van der Waals surface area (Å²) >= 11 is 0. The number of epoxide rings is 2. The van der Waals surface area contributed by atoms with Crippen LogP contribution in [0.1, 0.15) is 140 Å². The van der Waals surface area contributed by atoms with Crippen molar-refractivity contribution in [2.45, 2.75) is 225 Å². The van der Waals surface area contributed by atoms with Crippen molar-refractivity contribution >= 4 is 29.4 Å². The maximum atomic E-state index is 12.5. The number of amides is 1. The van der Waals surface area contributed by atoms with E-state index in [0.717, 1.165) is 36.0 Å². The number of hydrogen-bond donors (Lipinski definition) is 3. The molecule has 0 aromatic heterocycles. The number of allylic oxidation sites excluding steroid dienone is 6. The average molecular weight is 1200 g/mol. The molecule has 0 radical (unpaired) electrons. The zero-order valence-corrected chi connectivity index (χ0v) is 52.7. The molecule has 18 atom stereocenters. The Bertz CT molecular complexity index is 2640. The number of aliphatic hydroxyl groups excluding tert-OH is 2. The fraction of sp³-hybridized carbons (Fsp3) is 0.632. The highest BCUT2D eigenvalue weighted by atomic mass is 16.7. The first kappa shape index (κ1) is 69.8. The number of ketones is 2. The normalized spacial score (nSPS) is 35.3. The Balaban J connectivity index is 0.000000280. The van der Waals surface area contributed by atoms with Crippen molar-refractivity contribution in [2.24, 2.45) is 23.7 Å². The van der Waals surface area contributed by atoms with Crippen molar-refractivity contribution in [1.82, 2.24) is 5.32 Å². The van der Waals surface area contributed by atoms with Gasteiger partial charge in [0, 0.05) is 46.1 Å². The summed E-state index contributed by atoms with van der Waals surface area (Å²) < 4.78 is 58.3. The summed E-state index contributed by atoms with van der Waals surface area (Å²) in [6.45, 7) is 27.4. The molecule has 0 saturated carbocycles. The van der Waals surface area contributed by atoms with Crippen LogP contribution in [0.25, 0.3) is 0 Å². The number of carbonyl (C=O) groups is 5. The largest absolute Gasteiger partial charge is 0.459 e.